The molecular weight excluding hydrogens is 364 g/mol. The highest BCUT2D eigenvalue weighted by molar-refractivity contribution is 5.92. The van der Waals surface area contributed by atoms with Crippen LogP contribution in [0, 0.1) is 0 Å². The van der Waals surface area contributed by atoms with Crippen molar-refractivity contribution in [1.82, 2.24) is 0 Å². The number of rotatable bonds is 8. The highest BCUT2D eigenvalue weighted by Gasteiger charge is 2.25. The maximum absolute atomic E-state index is 12.6. The first-order valence-electron chi connectivity index (χ1n) is 10.4. The van der Waals surface area contributed by atoms with Gasteiger partial charge in [-0.3, -0.25) is 9.59 Å². The lowest BCUT2D eigenvalue weighted by Crippen LogP contribution is -2.22. The first kappa shape index (κ1) is 22.8. The minimum atomic E-state index is -0.623. The van der Waals surface area contributed by atoms with Gasteiger partial charge in [0.15, 0.2) is 0 Å². The molecule has 156 valence electrons. The molecule has 0 amide bonds. The fraction of sp³-hybridized carbons (Fsp3) is 0.440. The van der Waals surface area contributed by atoms with Crippen molar-refractivity contribution in [2.24, 2.45) is 0 Å². The topological polar surface area (TPSA) is 63.6 Å². The Morgan fingerprint density at radius 3 is 1.66 bits per heavy atom. The van der Waals surface area contributed by atoms with E-state index in [1.807, 2.05) is 18.2 Å². The smallest absolute Gasteiger partial charge is 0.320 e. The first-order valence-corrected chi connectivity index (χ1v) is 10.4. The lowest BCUT2D eigenvalue weighted by molar-refractivity contribution is -0.161. The SMILES string of the molecule is CCC(CC)c1cccc([C@H](C)C(=O)OC(=O)C(C)c2cccc(C(C)O)c2)c1. The van der Waals surface area contributed by atoms with E-state index in [0.717, 1.165) is 24.0 Å². The van der Waals surface area contributed by atoms with E-state index < -0.39 is 29.9 Å². The number of ether oxygens (including phenoxy) is 1. The summed E-state index contributed by atoms with van der Waals surface area (Å²) in [4.78, 5) is 25.1. The molecule has 4 nitrogen and oxygen atoms in total. The Balaban J connectivity index is 2.10. The van der Waals surface area contributed by atoms with Crippen molar-refractivity contribution < 1.29 is 19.4 Å². The Morgan fingerprint density at radius 2 is 1.21 bits per heavy atom. The number of aliphatic hydroxyl groups excluding tert-OH is 1. The van der Waals surface area contributed by atoms with Crippen LogP contribution in [0.5, 0.6) is 0 Å². The Labute approximate surface area is 173 Å². The molecule has 0 aromatic heterocycles. The number of esters is 2. The summed E-state index contributed by atoms with van der Waals surface area (Å²) in [6, 6.07) is 15.1. The number of carbonyl (C=O) groups excluding carboxylic acids is 2. The Morgan fingerprint density at radius 1 is 0.793 bits per heavy atom. The van der Waals surface area contributed by atoms with Gasteiger partial charge in [-0.2, -0.15) is 0 Å². The highest BCUT2D eigenvalue weighted by atomic mass is 16.6. The average Bonchev–Trinajstić information content (AvgIpc) is 2.73. The molecule has 0 radical (unpaired) electrons. The van der Waals surface area contributed by atoms with Crippen LogP contribution >= 0.6 is 0 Å². The maximum Gasteiger partial charge on any atom is 0.320 e. The molecule has 2 rings (SSSR count). The van der Waals surface area contributed by atoms with Crippen molar-refractivity contribution in [3.05, 3.63) is 70.8 Å². The van der Waals surface area contributed by atoms with Crippen LogP contribution in [0.1, 0.15) is 93.6 Å². The van der Waals surface area contributed by atoms with E-state index >= 15 is 0 Å². The van der Waals surface area contributed by atoms with Crippen LogP contribution in [0.25, 0.3) is 0 Å². The van der Waals surface area contributed by atoms with Crippen molar-refractivity contribution in [2.45, 2.75) is 71.3 Å². The van der Waals surface area contributed by atoms with Crippen molar-refractivity contribution in [3.63, 3.8) is 0 Å². The summed E-state index contributed by atoms with van der Waals surface area (Å²) in [7, 11) is 0. The van der Waals surface area contributed by atoms with Crippen molar-refractivity contribution in [1.29, 1.82) is 0 Å². The van der Waals surface area contributed by atoms with E-state index in [1.54, 1.807) is 45.0 Å². The van der Waals surface area contributed by atoms with Crippen molar-refractivity contribution in [3.8, 4) is 0 Å². The molecule has 0 aliphatic heterocycles. The van der Waals surface area contributed by atoms with E-state index in [-0.39, 0.29) is 0 Å². The van der Waals surface area contributed by atoms with Crippen LogP contribution in [0.2, 0.25) is 0 Å². The molecule has 0 aliphatic rings. The summed E-state index contributed by atoms with van der Waals surface area (Å²) in [5.74, 6) is -1.79. The summed E-state index contributed by atoms with van der Waals surface area (Å²) in [6.07, 6.45) is 1.46. The minimum Gasteiger partial charge on any atom is -0.392 e. The number of hydrogen-bond donors (Lipinski definition) is 1. The molecular formula is C25H32O4. The summed E-state index contributed by atoms with van der Waals surface area (Å²) < 4.78 is 5.20. The van der Waals surface area contributed by atoms with Gasteiger partial charge in [-0.15, -0.1) is 0 Å². The largest absolute Gasteiger partial charge is 0.392 e. The van der Waals surface area contributed by atoms with Crippen LogP contribution in [0.4, 0.5) is 0 Å². The van der Waals surface area contributed by atoms with E-state index in [1.165, 1.54) is 5.56 Å². The standard InChI is InChI=1S/C25H32O4/c1-6-19(7-2)23-13-9-11-21(15-23)17(4)25(28)29-24(27)16(3)20-10-8-12-22(14-20)18(5)26/h8-19,26H,6-7H2,1-5H3/t16?,17-,18?/m0/s1. The second-order valence-electron chi connectivity index (χ2n) is 7.71. The fourth-order valence-corrected chi connectivity index (χ4v) is 3.48. The molecule has 4 heteroatoms. The van der Waals surface area contributed by atoms with Gasteiger partial charge in [0.1, 0.15) is 0 Å². The maximum atomic E-state index is 12.6. The Bertz CT molecular complexity index is 836. The second-order valence-corrected chi connectivity index (χ2v) is 7.71. The molecule has 0 spiro atoms. The van der Waals surface area contributed by atoms with Gasteiger partial charge < -0.3 is 9.84 Å². The predicted molar refractivity (Wildman–Crippen MR) is 115 cm³/mol. The Kier molecular flexibility index (Phi) is 8.15. The second kappa shape index (κ2) is 10.4. The lowest BCUT2D eigenvalue weighted by Gasteiger charge is -2.17. The third-order valence-corrected chi connectivity index (χ3v) is 5.67. The van der Waals surface area contributed by atoms with Gasteiger partial charge in [-0.05, 0) is 61.8 Å². The third kappa shape index (κ3) is 5.77. The van der Waals surface area contributed by atoms with Crippen molar-refractivity contribution in [2.75, 3.05) is 0 Å². The first-order chi connectivity index (χ1) is 13.8. The van der Waals surface area contributed by atoms with Gasteiger partial charge in [0, 0.05) is 0 Å². The van der Waals surface area contributed by atoms with Crippen molar-refractivity contribution >= 4 is 11.9 Å². The molecule has 2 unspecified atom stereocenters. The number of hydrogen-bond acceptors (Lipinski definition) is 4. The normalized spacial score (nSPS) is 14.3. The van der Waals surface area contributed by atoms with Crippen LogP contribution in [-0.4, -0.2) is 17.0 Å². The molecule has 3 atom stereocenters. The van der Waals surface area contributed by atoms with Crippen LogP contribution in [0.15, 0.2) is 48.5 Å². The quantitative estimate of drug-likeness (QED) is 0.464. The average molecular weight is 397 g/mol. The summed E-state index contributed by atoms with van der Waals surface area (Å²) in [6.45, 7) is 9.45. The van der Waals surface area contributed by atoms with Crippen LogP contribution in [0.3, 0.4) is 0 Å². The minimum absolute atomic E-state index is 0.459. The molecule has 0 bridgehead atoms. The third-order valence-electron chi connectivity index (χ3n) is 5.67. The number of benzene rings is 2. The van der Waals surface area contributed by atoms with Gasteiger partial charge in [0.2, 0.25) is 0 Å². The molecule has 29 heavy (non-hydrogen) atoms. The summed E-state index contributed by atoms with van der Waals surface area (Å²) in [5.41, 5.74) is 3.50. The van der Waals surface area contributed by atoms with E-state index in [9.17, 15) is 14.7 Å². The molecule has 0 aliphatic carbocycles. The number of aliphatic hydroxyl groups is 1. The predicted octanol–water partition coefficient (Wildman–Crippen LogP) is 5.62. The summed E-state index contributed by atoms with van der Waals surface area (Å²) in [5, 5.41) is 9.74. The van der Waals surface area contributed by atoms with Crippen LogP contribution < -0.4 is 0 Å². The fourth-order valence-electron chi connectivity index (χ4n) is 3.48. The van der Waals surface area contributed by atoms with Crippen LogP contribution in [-0.2, 0) is 14.3 Å². The zero-order chi connectivity index (χ0) is 21.6. The molecule has 0 heterocycles. The molecule has 2 aromatic rings. The van der Waals surface area contributed by atoms with E-state index in [2.05, 4.69) is 19.9 Å². The Hall–Kier alpha value is -2.46. The van der Waals surface area contributed by atoms with Gasteiger partial charge in [-0.1, -0.05) is 62.4 Å². The summed E-state index contributed by atoms with van der Waals surface area (Å²) >= 11 is 0. The lowest BCUT2D eigenvalue weighted by atomic mass is 9.90. The van der Waals surface area contributed by atoms with Gasteiger partial charge in [0.05, 0.1) is 17.9 Å². The number of carbonyl (C=O) groups is 2. The zero-order valence-electron chi connectivity index (χ0n) is 18.0. The zero-order valence-corrected chi connectivity index (χ0v) is 18.0. The molecule has 0 saturated carbocycles. The molecule has 1 N–H and O–H groups in total. The molecule has 0 fully saturated rings. The van der Waals surface area contributed by atoms with E-state index in [4.69, 9.17) is 4.74 Å². The molecule has 2 aromatic carbocycles. The monoisotopic (exact) mass is 396 g/mol. The van der Waals surface area contributed by atoms with Gasteiger partial charge >= 0.3 is 11.9 Å². The van der Waals surface area contributed by atoms with E-state index in [0.29, 0.717) is 11.5 Å². The molecule has 0 saturated heterocycles. The highest BCUT2D eigenvalue weighted by Crippen LogP contribution is 2.27. The van der Waals surface area contributed by atoms with Gasteiger partial charge in [-0.25, -0.2) is 0 Å². The van der Waals surface area contributed by atoms with Gasteiger partial charge in [0.25, 0.3) is 0 Å².